The molecule has 2 rings (SSSR count). The number of amides is 1. The van der Waals surface area contributed by atoms with Crippen molar-refractivity contribution in [3.8, 4) is 0 Å². The minimum Gasteiger partial charge on any atom is -0.467 e. The molecule has 1 amide bonds. The fraction of sp³-hybridized carbons (Fsp3) is 0.619. The summed E-state index contributed by atoms with van der Waals surface area (Å²) < 4.78 is 4.84. The Bertz CT molecular complexity index is 654. The Morgan fingerprint density at radius 2 is 1.85 bits per heavy atom. The molecule has 1 saturated heterocycles. The van der Waals surface area contributed by atoms with Gasteiger partial charge in [0.15, 0.2) is 0 Å². The van der Waals surface area contributed by atoms with Crippen molar-refractivity contribution in [1.82, 2.24) is 10.2 Å². The van der Waals surface area contributed by atoms with Gasteiger partial charge in [-0.2, -0.15) is 0 Å². The second kappa shape index (κ2) is 9.74. The van der Waals surface area contributed by atoms with E-state index in [0.717, 1.165) is 32.6 Å². The lowest BCUT2D eigenvalue weighted by molar-refractivity contribution is -0.146. The van der Waals surface area contributed by atoms with Crippen molar-refractivity contribution in [2.45, 2.75) is 40.2 Å². The van der Waals surface area contributed by atoms with Crippen LogP contribution >= 0.6 is 0 Å². The predicted octanol–water partition coefficient (Wildman–Crippen LogP) is 2.13. The summed E-state index contributed by atoms with van der Waals surface area (Å²) in [5.74, 6) is -0.453. The van der Waals surface area contributed by atoms with E-state index >= 15 is 0 Å². The number of aryl methyl sites for hydroxylation is 1. The molecule has 0 saturated carbocycles. The van der Waals surface area contributed by atoms with E-state index in [0.29, 0.717) is 6.54 Å². The van der Waals surface area contributed by atoms with Crippen molar-refractivity contribution in [2.24, 2.45) is 5.92 Å². The number of esters is 1. The molecule has 6 nitrogen and oxygen atoms in total. The molecule has 1 aliphatic rings. The Hall–Kier alpha value is -2.08. The number of hydrogen-bond acceptors (Lipinski definition) is 5. The molecule has 1 fully saturated rings. The number of carbonyl (C=O) groups is 2. The summed E-state index contributed by atoms with van der Waals surface area (Å²) in [6.07, 6.45) is 0.800. The normalized spacial score (nSPS) is 17.3. The molecular weight excluding hydrogens is 342 g/mol. The first-order valence-electron chi connectivity index (χ1n) is 9.78. The van der Waals surface area contributed by atoms with Gasteiger partial charge in [0.25, 0.3) is 0 Å². The number of rotatable bonds is 7. The Kier molecular flexibility index (Phi) is 7.66. The minimum absolute atomic E-state index is 0.0440. The van der Waals surface area contributed by atoms with E-state index in [2.05, 4.69) is 47.2 Å². The molecule has 1 aliphatic heterocycles. The SMILES string of the molecule is CC[C@H](C)[C@H](NC(=O)CN1CCN(c2cccc(C)c2C)CC1)C(=O)OC. The highest BCUT2D eigenvalue weighted by Gasteiger charge is 2.28. The standard InChI is InChI=1S/C21H33N3O3/c1-6-15(2)20(21(26)27-5)22-19(25)14-23-10-12-24(13-11-23)18-9-7-8-16(3)17(18)4/h7-9,15,20H,6,10-14H2,1-5H3,(H,22,25)/t15-,20-/m0/s1. The Morgan fingerprint density at radius 3 is 2.44 bits per heavy atom. The summed E-state index contributed by atoms with van der Waals surface area (Å²) in [6.45, 7) is 12.0. The molecule has 1 heterocycles. The van der Waals surface area contributed by atoms with Gasteiger partial charge in [0.05, 0.1) is 13.7 Å². The zero-order valence-corrected chi connectivity index (χ0v) is 17.2. The van der Waals surface area contributed by atoms with Crippen LogP contribution in [0.25, 0.3) is 0 Å². The lowest BCUT2D eigenvalue weighted by Crippen LogP contribution is -2.52. The van der Waals surface area contributed by atoms with E-state index in [4.69, 9.17) is 4.74 Å². The van der Waals surface area contributed by atoms with Crippen LogP contribution in [0.4, 0.5) is 5.69 Å². The molecule has 0 aliphatic carbocycles. The number of benzene rings is 1. The van der Waals surface area contributed by atoms with Gasteiger partial charge in [-0.05, 0) is 37.0 Å². The first-order chi connectivity index (χ1) is 12.9. The fourth-order valence-electron chi connectivity index (χ4n) is 3.44. The molecule has 1 aromatic carbocycles. The van der Waals surface area contributed by atoms with E-state index in [-0.39, 0.29) is 17.8 Å². The van der Waals surface area contributed by atoms with Crippen LogP contribution in [-0.2, 0) is 14.3 Å². The summed E-state index contributed by atoms with van der Waals surface area (Å²) in [6, 6.07) is 5.81. The summed E-state index contributed by atoms with van der Waals surface area (Å²) in [7, 11) is 1.36. The smallest absolute Gasteiger partial charge is 0.328 e. The monoisotopic (exact) mass is 375 g/mol. The maximum absolute atomic E-state index is 12.4. The van der Waals surface area contributed by atoms with Gasteiger partial charge >= 0.3 is 5.97 Å². The zero-order chi connectivity index (χ0) is 20.0. The van der Waals surface area contributed by atoms with Crippen molar-refractivity contribution < 1.29 is 14.3 Å². The van der Waals surface area contributed by atoms with Crippen LogP contribution < -0.4 is 10.2 Å². The Labute approximate surface area is 162 Å². The number of nitrogens with one attached hydrogen (secondary N) is 1. The van der Waals surface area contributed by atoms with Crippen LogP contribution in [0.15, 0.2) is 18.2 Å². The zero-order valence-electron chi connectivity index (χ0n) is 17.2. The summed E-state index contributed by atoms with van der Waals surface area (Å²) in [4.78, 5) is 28.9. The molecule has 0 unspecified atom stereocenters. The van der Waals surface area contributed by atoms with Crippen LogP contribution in [-0.4, -0.2) is 62.7 Å². The molecule has 1 N–H and O–H groups in total. The number of piperazine rings is 1. The van der Waals surface area contributed by atoms with Gasteiger partial charge in [-0.25, -0.2) is 4.79 Å². The fourth-order valence-corrected chi connectivity index (χ4v) is 3.44. The largest absolute Gasteiger partial charge is 0.467 e. The maximum atomic E-state index is 12.4. The van der Waals surface area contributed by atoms with Gasteiger partial charge in [0.2, 0.25) is 5.91 Å². The van der Waals surface area contributed by atoms with E-state index in [1.807, 2.05) is 13.8 Å². The molecule has 0 aromatic heterocycles. The van der Waals surface area contributed by atoms with Gasteiger partial charge in [0, 0.05) is 31.9 Å². The third kappa shape index (κ3) is 5.45. The second-order valence-corrected chi connectivity index (χ2v) is 7.44. The van der Waals surface area contributed by atoms with Crippen molar-refractivity contribution in [3.05, 3.63) is 29.3 Å². The molecular formula is C21H33N3O3. The van der Waals surface area contributed by atoms with Crippen molar-refractivity contribution >= 4 is 17.6 Å². The lowest BCUT2D eigenvalue weighted by atomic mass is 9.99. The summed E-state index contributed by atoms with van der Waals surface area (Å²) in [5.41, 5.74) is 3.90. The highest BCUT2D eigenvalue weighted by molar-refractivity contribution is 5.85. The van der Waals surface area contributed by atoms with Gasteiger partial charge in [-0.15, -0.1) is 0 Å². The topological polar surface area (TPSA) is 61.9 Å². The average molecular weight is 376 g/mol. The third-order valence-electron chi connectivity index (χ3n) is 5.64. The number of ether oxygens (including phenoxy) is 1. The highest BCUT2D eigenvalue weighted by Crippen LogP contribution is 2.23. The van der Waals surface area contributed by atoms with E-state index in [1.165, 1.54) is 23.9 Å². The van der Waals surface area contributed by atoms with Crippen molar-refractivity contribution in [2.75, 3.05) is 44.7 Å². The number of hydrogen-bond donors (Lipinski definition) is 1. The molecule has 150 valence electrons. The van der Waals surface area contributed by atoms with Crippen LogP contribution in [0, 0.1) is 19.8 Å². The van der Waals surface area contributed by atoms with Gasteiger partial charge in [-0.3, -0.25) is 9.69 Å². The highest BCUT2D eigenvalue weighted by atomic mass is 16.5. The van der Waals surface area contributed by atoms with E-state index in [1.54, 1.807) is 0 Å². The lowest BCUT2D eigenvalue weighted by Gasteiger charge is -2.37. The van der Waals surface area contributed by atoms with Crippen molar-refractivity contribution in [3.63, 3.8) is 0 Å². The summed E-state index contributed by atoms with van der Waals surface area (Å²) >= 11 is 0. The molecule has 27 heavy (non-hydrogen) atoms. The van der Waals surface area contributed by atoms with E-state index < -0.39 is 6.04 Å². The first-order valence-corrected chi connectivity index (χ1v) is 9.78. The van der Waals surface area contributed by atoms with Crippen LogP contribution in [0.1, 0.15) is 31.4 Å². The van der Waals surface area contributed by atoms with Crippen LogP contribution in [0.3, 0.4) is 0 Å². The van der Waals surface area contributed by atoms with Crippen LogP contribution in [0.5, 0.6) is 0 Å². The number of carbonyl (C=O) groups excluding carboxylic acids is 2. The van der Waals surface area contributed by atoms with Gasteiger partial charge in [0.1, 0.15) is 6.04 Å². The summed E-state index contributed by atoms with van der Waals surface area (Å²) in [5, 5.41) is 2.86. The number of anilines is 1. The van der Waals surface area contributed by atoms with Gasteiger partial charge in [-0.1, -0.05) is 32.4 Å². The number of methoxy groups -OCH3 is 1. The minimum atomic E-state index is -0.580. The molecule has 0 radical (unpaired) electrons. The average Bonchev–Trinajstić information content (AvgIpc) is 2.67. The first kappa shape index (κ1) is 21.2. The quantitative estimate of drug-likeness (QED) is 0.740. The molecule has 0 bridgehead atoms. The molecule has 2 atom stereocenters. The van der Waals surface area contributed by atoms with Crippen LogP contribution in [0.2, 0.25) is 0 Å². The maximum Gasteiger partial charge on any atom is 0.328 e. The number of nitrogens with zero attached hydrogens (tertiary/aromatic N) is 2. The Balaban J connectivity index is 1.88. The van der Waals surface area contributed by atoms with Gasteiger partial charge < -0.3 is 15.0 Å². The Morgan fingerprint density at radius 1 is 1.19 bits per heavy atom. The molecule has 6 heteroatoms. The van der Waals surface area contributed by atoms with Crippen molar-refractivity contribution in [1.29, 1.82) is 0 Å². The predicted molar refractivity (Wildman–Crippen MR) is 108 cm³/mol. The van der Waals surface area contributed by atoms with E-state index in [9.17, 15) is 9.59 Å². The third-order valence-corrected chi connectivity index (χ3v) is 5.64. The molecule has 0 spiro atoms. The second-order valence-electron chi connectivity index (χ2n) is 7.44. The molecule has 1 aromatic rings.